The SMILES string of the molecule is CC(C)(CC(=O)O)NC(=O)C1C2CCC(C2)C1NC(=O)OCC1c2ccccc2-c2ccccc21. The molecule has 0 spiro atoms. The van der Waals surface area contributed by atoms with Crippen molar-refractivity contribution in [1.82, 2.24) is 10.6 Å². The molecule has 7 heteroatoms. The molecule has 3 aliphatic rings. The Balaban J connectivity index is 1.25. The molecule has 2 amide bonds. The summed E-state index contributed by atoms with van der Waals surface area (Å²) in [6, 6.07) is 16.1. The van der Waals surface area contributed by atoms with Crippen molar-refractivity contribution in [2.24, 2.45) is 17.8 Å². The van der Waals surface area contributed by atoms with Gasteiger partial charge in [0.2, 0.25) is 5.91 Å². The maximum absolute atomic E-state index is 13.2. The molecule has 2 aromatic carbocycles. The lowest BCUT2D eigenvalue weighted by Crippen LogP contribution is -2.54. The fourth-order valence-electron chi connectivity index (χ4n) is 6.49. The van der Waals surface area contributed by atoms with Crippen LogP contribution in [0.4, 0.5) is 4.79 Å². The van der Waals surface area contributed by atoms with Gasteiger partial charge in [0, 0.05) is 17.5 Å². The van der Waals surface area contributed by atoms with E-state index in [9.17, 15) is 14.4 Å². The summed E-state index contributed by atoms with van der Waals surface area (Å²) < 4.78 is 5.73. The quantitative estimate of drug-likeness (QED) is 0.552. The van der Waals surface area contributed by atoms with Gasteiger partial charge in [0.1, 0.15) is 6.61 Å². The minimum atomic E-state index is -0.962. The van der Waals surface area contributed by atoms with Crippen molar-refractivity contribution in [1.29, 1.82) is 0 Å². The number of ether oxygens (including phenoxy) is 1. The first-order valence-corrected chi connectivity index (χ1v) is 12.4. The summed E-state index contributed by atoms with van der Waals surface area (Å²) in [5, 5.41) is 15.1. The number of hydrogen-bond acceptors (Lipinski definition) is 4. The molecular formula is C28H32N2O5. The molecule has 0 heterocycles. The average molecular weight is 477 g/mol. The molecule has 2 aromatic rings. The Morgan fingerprint density at radius 3 is 2.20 bits per heavy atom. The summed E-state index contributed by atoms with van der Waals surface area (Å²) in [5.41, 5.74) is 3.79. The van der Waals surface area contributed by atoms with Crippen molar-refractivity contribution in [3.8, 4) is 11.1 Å². The van der Waals surface area contributed by atoms with Crippen LogP contribution in [0.25, 0.3) is 11.1 Å². The molecule has 2 saturated carbocycles. The third-order valence-electron chi connectivity index (χ3n) is 7.90. The van der Waals surface area contributed by atoms with Gasteiger partial charge in [-0.2, -0.15) is 0 Å². The lowest BCUT2D eigenvalue weighted by Gasteiger charge is -2.34. The van der Waals surface area contributed by atoms with E-state index >= 15 is 0 Å². The molecule has 0 aromatic heterocycles. The molecule has 2 fully saturated rings. The van der Waals surface area contributed by atoms with Crippen LogP contribution in [-0.4, -0.2) is 41.3 Å². The number of fused-ring (bicyclic) bond motifs is 5. The van der Waals surface area contributed by atoms with Gasteiger partial charge >= 0.3 is 12.1 Å². The summed E-state index contributed by atoms with van der Waals surface area (Å²) in [4.78, 5) is 37.2. The third-order valence-corrected chi connectivity index (χ3v) is 7.90. The summed E-state index contributed by atoms with van der Waals surface area (Å²) in [5.74, 6) is -1.12. The fourth-order valence-corrected chi connectivity index (χ4v) is 6.49. The van der Waals surface area contributed by atoms with E-state index in [-0.39, 0.29) is 48.6 Å². The summed E-state index contributed by atoms with van der Waals surface area (Å²) in [6.07, 6.45) is 2.15. The van der Waals surface area contributed by atoms with Crippen molar-refractivity contribution < 1.29 is 24.2 Å². The predicted octanol–water partition coefficient (Wildman–Crippen LogP) is 4.31. The summed E-state index contributed by atoms with van der Waals surface area (Å²) >= 11 is 0. The van der Waals surface area contributed by atoms with Crippen LogP contribution in [0.1, 0.15) is 56.6 Å². The van der Waals surface area contributed by atoms with E-state index in [1.165, 1.54) is 11.1 Å². The minimum Gasteiger partial charge on any atom is -0.481 e. The van der Waals surface area contributed by atoms with E-state index < -0.39 is 17.6 Å². The zero-order chi connectivity index (χ0) is 24.7. The zero-order valence-corrected chi connectivity index (χ0v) is 20.1. The number of carbonyl (C=O) groups is 3. The smallest absolute Gasteiger partial charge is 0.407 e. The van der Waals surface area contributed by atoms with Gasteiger partial charge in [-0.05, 0) is 67.2 Å². The Morgan fingerprint density at radius 1 is 0.971 bits per heavy atom. The Labute approximate surface area is 205 Å². The number of rotatable bonds is 7. The highest BCUT2D eigenvalue weighted by Crippen LogP contribution is 2.49. The molecule has 5 rings (SSSR count). The lowest BCUT2D eigenvalue weighted by atomic mass is 9.83. The fraction of sp³-hybridized carbons (Fsp3) is 0.464. The van der Waals surface area contributed by atoms with Crippen LogP contribution in [0, 0.1) is 17.8 Å². The van der Waals surface area contributed by atoms with E-state index in [4.69, 9.17) is 9.84 Å². The molecule has 0 saturated heterocycles. The van der Waals surface area contributed by atoms with Crippen LogP contribution in [0.5, 0.6) is 0 Å². The number of benzene rings is 2. The van der Waals surface area contributed by atoms with E-state index in [0.717, 1.165) is 30.4 Å². The zero-order valence-electron chi connectivity index (χ0n) is 20.1. The van der Waals surface area contributed by atoms with Gasteiger partial charge in [0.15, 0.2) is 0 Å². The molecular weight excluding hydrogens is 444 g/mol. The second kappa shape index (κ2) is 9.02. The normalized spacial score (nSPS) is 24.5. The van der Waals surface area contributed by atoms with Gasteiger partial charge in [-0.3, -0.25) is 9.59 Å². The van der Waals surface area contributed by atoms with Crippen molar-refractivity contribution in [3.05, 3.63) is 59.7 Å². The van der Waals surface area contributed by atoms with Gasteiger partial charge < -0.3 is 20.5 Å². The van der Waals surface area contributed by atoms with Gasteiger partial charge in [-0.1, -0.05) is 48.5 Å². The summed E-state index contributed by atoms with van der Waals surface area (Å²) in [7, 11) is 0. The number of hydrogen-bond donors (Lipinski definition) is 3. The second-order valence-electron chi connectivity index (χ2n) is 10.8. The number of nitrogens with one attached hydrogen (secondary N) is 2. The van der Waals surface area contributed by atoms with Crippen molar-refractivity contribution >= 4 is 18.0 Å². The van der Waals surface area contributed by atoms with E-state index in [1.54, 1.807) is 13.8 Å². The Hall–Kier alpha value is -3.35. The first-order valence-electron chi connectivity index (χ1n) is 12.4. The van der Waals surface area contributed by atoms with Gasteiger partial charge in [0.05, 0.1) is 12.3 Å². The Morgan fingerprint density at radius 2 is 1.57 bits per heavy atom. The van der Waals surface area contributed by atoms with Crippen LogP contribution in [0.2, 0.25) is 0 Å². The van der Waals surface area contributed by atoms with E-state index in [2.05, 4.69) is 34.9 Å². The molecule has 3 N–H and O–H groups in total. The van der Waals surface area contributed by atoms with Crippen LogP contribution in [0.3, 0.4) is 0 Å². The van der Waals surface area contributed by atoms with Crippen LogP contribution >= 0.6 is 0 Å². The standard InChI is InChI=1S/C28H32N2O5/c1-28(2,14-23(31)32)30-26(33)24-16-11-12-17(13-16)25(24)29-27(34)35-15-22-20-9-5-3-7-18(20)19-8-4-6-10-21(19)22/h3-10,16-17,22,24-25H,11-15H2,1-2H3,(H,29,34)(H,30,33)(H,31,32). The maximum Gasteiger partial charge on any atom is 0.407 e. The molecule has 184 valence electrons. The molecule has 35 heavy (non-hydrogen) atoms. The number of amides is 2. The van der Waals surface area contributed by atoms with Crippen molar-refractivity contribution in [3.63, 3.8) is 0 Å². The van der Waals surface area contributed by atoms with Gasteiger partial charge in [0.25, 0.3) is 0 Å². The second-order valence-corrected chi connectivity index (χ2v) is 10.8. The van der Waals surface area contributed by atoms with Gasteiger partial charge in [-0.15, -0.1) is 0 Å². The Kier molecular flexibility index (Phi) is 6.03. The maximum atomic E-state index is 13.2. The number of alkyl carbamates (subject to hydrolysis) is 1. The topological polar surface area (TPSA) is 105 Å². The number of carboxylic acids is 1. The average Bonchev–Trinajstić information content (AvgIpc) is 3.48. The number of carbonyl (C=O) groups excluding carboxylic acids is 2. The highest BCUT2D eigenvalue weighted by atomic mass is 16.5. The monoisotopic (exact) mass is 476 g/mol. The number of carboxylic acid groups (broad SMARTS) is 1. The van der Waals surface area contributed by atoms with Crippen LogP contribution < -0.4 is 10.6 Å². The molecule has 0 radical (unpaired) electrons. The Bertz CT molecular complexity index is 1110. The highest BCUT2D eigenvalue weighted by Gasteiger charge is 2.52. The molecule has 0 aliphatic heterocycles. The molecule has 2 bridgehead atoms. The van der Waals surface area contributed by atoms with Crippen LogP contribution in [-0.2, 0) is 14.3 Å². The molecule has 4 atom stereocenters. The number of aliphatic carboxylic acids is 1. The minimum absolute atomic E-state index is 0.0240. The van der Waals surface area contributed by atoms with Gasteiger partial charge in [-0.25, -0.2) is 4.79 Å². The first-order chi connectivity index (χ1) is 16.7. The van der Waals surface area contributed by atoms with E-state index in [1.807, 2.05) is 24.3 Å². The van der Waals surface area contributed by atoms with Crippen LogP contribution in [0.15, 0.2) is 48.5 Å². The van der Waals surface area contributed by atoms with E-state index in [0.29, 0.717) is 0 Å². The predicted molar refractivity (Wildman–Crippen MR) is 131 cm³/mol. The first kappa shape index (κ1) is 23.4. The summed E-state index contributed by atoms with van der Waals surface area (Å²) in [6.45, 7) is 3.64. The largest absolute Gasteiger partial charge is 0.481 e. The lowest BCUT2D eigenvalue weighted by molar-refractivity contribution is -0.139. The third kappa shape index (κ3) is 4.51. The molecule has 7 nitrogen and oxygen atoms in total. The molecule has 4 unspecified atom stereocenters. The molecule has 3 aliphatic carbocycles. The van der Waals surface area contributed by atoms with Crippen molar-refractivity contribution in [2.75, 3.05) is 6.61 Å². The highest BCUT2D eigenvalue weighted by molar-refractivity contribution is 5.83. The van der Waals surface area contributed by atoms with Crippen molar-refractivity contribution in [2.45, 2.75) is 57.0 Å².